The Kier molecular flexibility index (Phi) is 10.4. The van der Waals surface area contributed by atoms with E-state index in [-0.39, 0.29) is 11.9 Å². The summed E-state index contributed by atoms with van der Waals surface area (Å²) in [5.74, 6) is 3.64. The Morgan fingerprint density at radius 2 is 1.36 bits per heavy atom. The van der Waals surface area contributed by atoms with Crippen molar-refractivity contribution in [2.24, 2.45) is 17.8 Å². The van der Waals surface area contributed by atoms with Gasteiger partial charge in [-0.05, 0) is 98.9 Å². The summed E-state index contributed by atoms with van der Waals surface area (Å²) >= 11 is 0. The summed E-state index contributed by atoms with van der Waals surface area (Å²) in [6, 6.07) is 7.66. The molecular formula is C32H46N2O2. The smallest absolute Gasteiger partial charge is 0.314 e. The van der Waals surface area contributed by atoms with E-state index in [4.69, 9.17) is 4.74 Å². The fourth-order valence-corrected chi connectivity index (χ4v) is 6.22. The van der Waals surface area contributed by atoms with Gasteiger partial charge < -0.3 is 4.74 Å². The number of carbonyl (C=O) groups is 1. The zero-order valence-corrected chi connectivity index (χ0v) is 22.6. The van der Waals surface area contributed by atoms with E-state index < -0.39 is 0 Å². The molecular weight excluding hydrogens is 444 g/mol. The van der Waals surface area contributed by atoms with E-state index in [1.165, 1.54) is 76.2 Å². The average Bonchev–Trinajstić information content (AvgIpc) is 2.93. The summed E-state index contributed by atoms with van der Waals surface area (Å²) in [5, 5.41) is 0. The molecule has 2 aliphatic rings. The highest BCUT2D eigenvalue weighted by Crippen LogP contribution is 2.38. The molecule has 0 radical (unpaired) electrons. The van der Waals surface area contributed by atoms with Crippen molar-refractivity contribution < 1.29 is 9.53 Å². The molecule has 1 aromatic heterocycles. The Hall–Kier alpha value is -2.23. The topological polar surface area (TPSA) is 52.1 Å². The Balaban J connectivity index is 1.24. The molecule has 0 saturated heterocycles. The van der Waals surface area contributed by atoms with Crippen LogP contribution in [0.3, 0.4) is 0 Å². The van der Waals surface area contributed by atoms with Crippen LogP contribution < -0.4 is 4.74 Å². The lowest BCUT2D eigenvalue weighted by Crippen LogP contribution is -2.25. The molecule has 0 spiro atoms. The second-order valence-corrected chi connectivity index (χ2v) is 11.4. The minimum absolute atomic E-state index is 0.0461. The first kappa shape index (κ1) is 26.8. The fourth-order valence-electron chi connectivity index (χ4n) is 6.22. The van der Waals surface area contributed by atoms with Crippen molar-refractivity contribution in [3.63, 3.8) is 0 Å². The van der Waals surface area contributed by atoms with E-state index in [9.17, 15) is 4.79 Å². The van der Waals surface area contributed by atoms with Gasteiger partial charge in [0.1, 0.15) is 5.75 Å². The van der Waals surface area contributed by atoms with Crippen molar-refractivity contribution >= 4 is 5.97 Å². The van der Waals surface area contributed by atoms with Gasteiger partial charge in [0.05, 0.1) is 5.92 Å². The van der Waals surface area contributed by atoms with Crippen LogP contribution in [0.15, 0.2) is 36.7 Å². The monoisotopic (exact) mass is 490 g/mol. The van der Waals surface area contributed by atoms with E-state index in [1.54, 1.807) is 0 Å². The molecule has 196 valence electrons. The SMILES string of the molecule is CCCCC[C@H]1CC[C@H](c2cnc(-c3ccc(OC(=O)C4CCC(CCCC)CC4)cc3)nc2)CC1. The third-order valence-electron chi connectivity index (χ3n) is 8.68. The molecule has 1 heterocycles. The molecule has 4 heteroatoms. The number of hydrogen-bond donors (Lipinski definition) is 0. The Morgan fingerprint density at radius 1 is 0.778 bits per heavy atom. The minimum Gasteiger partial charge on any atom is -0.426 e. The van der Waals surface area contributed by atoms with Crippen molar-refractivity contribution in [1.29, 1.82) is 0 Å². The zero-order valence-electron chi connectivity index (χ0n) is 22.6. The number of hydrogen-bond acceptors (Lipinski definition) is 4. The van der Waals surface area contributed by atoms with Crippen LogP contribution in [0.4, 0.5) is 0 Å². The van der Waals surface area contributed by atoms with Crippen molar-refractivity contribution in [2.75, 3.05) is 0 Å². The highest BCUT2D eigenvalue weighted by atomic mass is 16.5. The number of benzene rings is 1. The summed E-state index contributed by atoms with van der Waals surface area (Å²) in [4.78, 5) is 22.0. The largest absolute Gasteiger partial charge is 0.426 e. The average molecular weight is 491 g/mol. The van der Waals surface area contributed by atoms with E-state index in [0.29, 0.717) is 11.7 Å². The van der Waals surface area contributed by atoms with Crippen LogP contribution in [0.2, 0.25) is 0 Å². The number of ether oxygens (including phenoxy) is 1. The van der Waals surface area contributed by atoms with Crippen LogP contribution in [0, 0.1) is 17.8 Å². The van der Waals surface area contributed by atoms with Gasteiger partial charge in [0.25, 0.3) is 0 Å². The van der Waals surface area contributed by atoms with Gasteiger partial charge in [0.15, 0.2) is 5.82 Å². The van der Waals surface area contributed by atoms with Gasteiger partial charge in [-0.3, -0.25) is 4.79 Å². The summed E-state index contributed by atoms with van der Waals surface area (Å²) in [6.07, 6.45) is 22.9. The van der Waals surface area contributed by atoms with Gasteiger partial charge in [-0.25, -0.2) is 9.97 Å². The predicted molar refractivity (Wildman–Crippen MR) is 147 cm³/mol. The molecule has 2 fully saturated rings. The molecule has 2 saturated carbocycles. The number of rotatable bonds is 11. The molecule has 0 amide bonds. The van der Waals surface area contributed by atoms with Crippen molar-refractivity contribution in [3.05, 3.63) is 42.2 Å². The molecule has 2 aromatic rings. The fraction of sp³-hybridized carbons (Fsp3) is 0.656. The van der Waals surface area contributed by atoms with Crippen LogP contribution in [0.1, 0.15) is 122 Å². The number of nitrogens with zero attached hydrogens (tertiary/aromatic N) is 2. The highest BCUT2D eigenvalue weighted by Gasteiger charge is 2.27. The first-order valence-corrected chi connectivity index (χ1v) is 14.8. The molecule has 0 atom stereocenters. The van der Waals surface area contributed by atoms with Crippen molar-refractivity contribution in [3.8, 4) is 17.1 Å². The van der Waals surface area contributed by atoms with Gasteiger partial charge in [-0.2, -0.15) is 0 Å². The number of esters is 1. The van der Waals surface area contributed by atoms with E-state index in [1.807, 2.05) is 36.7 Å². The van der Waals surface area contributed by atoms with Crippen LogP contribution in [0.5, 0.6) is 5.75 Å². The number of aromatic nitrogens is 2. The summed E-state index contributed by atoms with van der Waals surface area (Å²) in [7, 11) is 0. The van der Waals surface area contributed by atoms with Gasteiger partial charge in [-0.15, -0.1) is 0 Å². The summed E-state index contributed by atoms with van der Waals surface area (Å²) < 4.78 is 5.72. The zero-order chi connectivity index (χ0) is 25.2. The van der Waals surface area contributed by atoms with Gasteiger partial charge in [0, 0.05) is 18.0 Å². The second-order valence-electron chi connectivity index (χ2n) is 11.4. The summed E-state index contributed by atoms with van der Waals surface area (Å²) in [6.45, 7) is 4.53. The lowest BCUT2D eigenvalue weighted by molar-refractivity contribution is -0.140. The molecule has 36 heavy (non-hydrogen) atoms. The maximum atomic E-state index is 12.7. The quantitative estimate of drug-likeness (QED) is 0.179. The maximum absolute atomic E-state index is 12.7. The first-order chi connectivity index (χ1) is 17.7. The third kappa shape index (κ3) is 7.63. The summed E-state index contributed by atoms with van der Waals surface area (Å²) in [5.41, 5.74) is 2.23. The lowest BCUT2D eigenvalue weighted by Gasteiger charge is -2.28. The van der Waals surface area contributed by atoms with Crippen molar-refractivity contribution in [1.82, 2.24) is 9.97 Å². The molecule has 0 bridgehead atoms. The maximum Gasteiger partial charge on any atom is 0.314 e. The van der Waals surface area contributed by atoms with Crippen LogP contribution >= 0.6 is 0 Å². The van der Waals surface area contributed by atoms with Gasteiger partial charge in [-0.1, -0.05) is 58.8 Å². The Morgan fingerprint density at radius 3 is 1.97 bits per heavy atom. The Labute approximate surface area is 218 Å². The van der Waals surface area contributed by atoms with Gasteiger partial charge >= 0.3 is 5.97 Å². The molecule has 0 unspecified atom stereocenters. The van der Waals surface area contributed by atoms with Gasteiger partial charge in [0.2, 0.25) is 0 Å². The van der Waals surface area contributed by atoms with E-state index in [2.05, 4.69) is 23.8 Å². The van der Waals surface area contributed by atoms with Crippen LogP contribution in [-0.4, -0.2) is 15.9 Å². The molecule has 4 nitrogen and oxygen atoms in total. The van der Waals surface area contributed by atoms with Crippen LogP contribution in [-0.2, 0) is 4.79 Å². The highest BCUT2D eigenvalue weighted by molar-refractivity contribution is 5.75. The third-order valence-corrected chi connectivity index (χ3v) is 8.68. The number of carbonyl (C=O) groups excluding carboxylic acids is 1. The van der Waals surface area contributed by atoms with E-state index >= 15 is 0 Å². The molecule has 4 rings (SSSR count). The molecule has 2 aliphatic carbocycles. The lowest BCUT2D eigenvalue weighted by atomic mass is 9.77. The molecule has 0 N–H and O–H groups in total. The Bertz CT molecular complexity index is 908. The standard InChI is InChI=1S/C32H46N2O2/c1-3-5-7-9-25-10-14-26(15-11-25)29-22-33-31(34-23-29)27-18-20-30(21-19-27)36-32(35)28-16-12-24(13-17-28)8-6-4-2/h18-26,28H,3-17H2,1-2H3/t24?,25-,26-,28?. The molecule has 1 aromatic carbocycles. The van der Waals surface area contributed by atoms with Crippen LogP contribution in [0.25, 0.3) is 11.4 Å². The van der Waals surface area contributed by atoms with E-state index in [0.717, 1.165) is 48.9 Å². The second kappa shape index (κ2) is 13.9. The molecule has 0 aliphatic heterocycles. The van der Waals surface area contributed by atoms with Crippen molar-refractivity contribution in [2.45, 2.75) is 116 Å². The minimum atomic E-state index is -0.0719. The predicted octanol–water partition coefficient (Wildman–Crippen LogP) is 8.90. The normalized spacial score (nSPS) is 24.4. The number of unbranched alkanes of at least 4 members (excludes halogenated alkanes) is 3. The first-order valence-electron chi connectivity index (χ1n) is 14.8.